The van der Waals surface area contributed by atoms with Gasteiger partial charge in [-0.2, -0.15) is 0 Å². The Morgan fingerprint density at radius 2 is 1.66 bits per heavy atom. The van der Waals surface area contributed by atoms with Crippen LogP contribution in [0, 0.1) is 5.41 Å². The maximum atomic E-state index is 12.3. The van der Waals surface area contributed by atoms with Crippen molar-refractivity contribution in [1.82, 2.24) is 0 Å². The Hall–Kier alpha value is -3.55. The summed E-state index contributed by atoms with van der Waals surface area (Å²) in [6.07, 6.45) is -0.514. The van der Waals surface area contributed by atoms with Crippen LogP contribution >= 0.6 is 0 Å². The van der Waals surface area contributed by atoms with Crippen LogP contribution in [0.5, 0.6) is 23.0 Å². The van der Waals surface area contributed by atoms with Crippen molar-refractivity contribution in [3.05, 3.63) is 82.9 Å². The molecular weight excluding hydrogens is 448 g/mol. The Balaban J connectivity index is 2.02. The Kier molecular flexibility index (Phi) is 8.38. The number of aliphatic hydroxyl groups is 2. The minimum absolute atomic E-state index is 0.00604. The summed E-state index contributed by atoms with van der Waals surface area (Å²) in [6, 6.07) is 17.7. The largest absolute Gasteiger partial charge is 0.495 e. The lowest BCUT2D eigenvalue weighted by Crippen LogP contribution is -2.14. The van der Waals surface area contributed by atoms with Gasteiger partial charge in [0.25, 0.3) is 0 Å². The summed E-state index contributed by atoms with van der Waals surface area (Å²) >= 11 is 0. The monoisotopic (exact) mass is 480 g/mol. The van der Waals surface area contributed by atoms with Gasteiger partial charge in [-0.05, 0) is 35.6 Å². The predicted molar refractivity (Wildman–Crippen MR) is 132 cm³/mol. The summed E-state index contributed by atoms with van der Waals surface area (Å²) in [6.45, 7) is 5.89. The number of hydrogen-bond acceptors (Lipinski definition) is 6. The minimum Gasteiger partial charge on any atom is -0.495 e. The average Bonchev–Trinajstić information content (AvgIpc) is 2.82. The van der Waals surface area contributed by atoms with Crippen molar-refractivity contribution in [2.45, 2.75) is 46.5 Å². The molecule has 186 valence electrons. The predicted octanol–water partition coefficient (Wildman–Crippen LogP) is 5.73. The van der Waals surface area contributed by atoms with Gasteiger partial charge < -0.3 is 29.5 Å². The number of aliphatic hydroxyl groups excluding tert-OH is 2. The second kappa shape index (κ2) is 11.3. The van der Waals surface area contributed by atoms with Crippen molar-refractivity contribution in [2.24, 2.45) is 5.41 Å². The van der Waals surface area contributed by atoms with Crippen LogP contribution in [-0.2, 0) is 13.2 Å². The molecule has 0 heterocycles. The van der Waals surface area contributed by atoms with Crippen LogP contribution in [0.4, 0.5) is 0 Å². The number of benzene rings is 3. The van der Waals surface area contributed by atoms with Gasteiger partial charge in [0, 0.05) is 11.1 Å². The zero-order valence-electron chi connectivity index (χ0n) is 20.4. The number of hydrogen-bond donors (Lipinski definition) is 3. The normalized spacial score (nSPS) is 12.2. The highest BCUT2D eigenvalue weighted by molar-refractivity contribution is 5.95. The third-order valence-electron chi connectivity index (χ3n) is 5.41. The van der Waals surface area contributed by atoms with Gasteiger partial charge in [-0.3, -0.25) is 0 Å². The van der Waals surface area contributed by atoms with E-state index >= 15 is 0 Å². The number of carboxylic acid groups (broad SMARTS) is 1. The maximum Gasteiger partial charge on any atom is 0.343 e. The van der Waals surface area contributed by atoms with Crippen LogP contribution < -0.4 is 14.2 Å². The number of carbonyl (C=O) groups is 1. The summed E-state index contributed by atoms with van der Waals surface area (Å²) in [5.41, 5.74) is 1.33. The fraction of sp³-hybridized carbons (Fsp3) is 0.321. The Labute approximate surface area is 205 Å². The second-order valence-electron chi connectivity index (χ2n) is 9.43. The lowest BCUT2D eigenvalue weighted by molar-refractivity contribution is 0.0689. The molecule has 7 heteroatoms. The molecule has 35 heavy (non-hydrogen) atoms. The quantitative estimate of drug-likeness (QED) is 0.340. The van der Waals surface area contributed by atoms with E-state index in [1.807, 2.05) is 51.1 Å². The van der Waals surface area contributed by atoms with Crippen molar-refractivity contribution in [2.75, 3.05) is 7.11 Å². The van der Waals surface area contributed by atoms with Crippen LogP contribution in [-0.4, -0.2) is 28.4 Å². The van der Waals surface area contributed by atoms with Gasteiger partial charge in [0.1, 0.15) is 23.7 Å². The standard InChI is InChI=1S/C28H32O7/c1-28(2,3)15-21(30)20-13-14-22(24(27(31)32)26(20)33-4)35-25-19(16-29)11-8-12-23(25)34-17-18-9-6-5-7-10-18/h5-14,21,29-30H,15-17H2,1-4H3,(H,31,32). The zero-order chi connectivity index (χ0) is 25.6. The topological polar surface area (TPSA) is 105 Å². The minimum atomic E-state index is -1.27. The molecule has 0 bridgehead atoms. The molecule has 3 aromatic rings. The maximum absolute atomic E-state index is 12.3. The van der Waals surface area contributed by atoms with Crippen LogP contribution in [0.3, 0.4) is 0 Å². The molecule has 3 aromatic carbocycles. The van der Waals surface area contributed by atoms with Crippen molar-refractivity contribution in [1.29, 1.82) is 0 Å². The molecule has 0 spiro atoms. The number of ether oxygens (including phenoxy) is 3. The highest BCUT2D eigenvalue weighted by Gasteiger charge is 2.28. The molecule has 0 aliphatic heterocycles. The summed E-state index contributed by atoms with van der Waals surface area (Å²) in [5.74, 6) is -0.674. The Morgan fingerprint density at radius 1 is 0.943 bits per heavy atom. The second-order valence-corrected chi connectivity index (χ2v) is 9.43. The van der Waals surface area contributed by atoms with Crippen molar-refractivity contribution in [3.8, 4) is 23.0 Å². The molecule has 0 aliphatic carbocycles. The molecule has 0 fully saturated rings. The fourth-order valence-corrected chi connectivity index (χ4v) is 3.80. The molecule has 0 aliphatic rings. The summed E-state index contributed by atoms with van der Waals surface area (Å²) in [7, 11) is 1.36. The van der Waals surface area contributed by atoms with Crippen molar-refractivity contribution >= 4 is 5.97 Å². The fourth-order valence-electron chi connectivity index (χ4n) is 3.80. The molecular formula is C28H32O7. The smallest absolute Gasteiger partial charge is 0.343 e. The first kappa shape index (κ1) is 26.1. The number of rotatable bonds is 10. The van der Waals surface area contributed by atoms with Crippen molar-refractivity contribution < 1.29 is 34.3 Å². The van der Waals surface area contributed by atoms with E-state index in [-0.39, 0.29) is 41.4 Å². The molecule has 0 saturated carbocycles. The zero-order valence-corrected chi connectivity index (χ0v) is 20.4. The van der Waals surface area contributed by atoms with E-state index in [1.54, 1.807) is 24.3 Å². The van der Waals surface area contributed by atoms with Crippen LogP contribution in [0.2, 0.25) is 0 Å². The van der Waals surface area contributed by atoms with Crippen LogP contribution in [0.25, 0.3) is 0 Å². The summed E-state index contributed by atoms with van der Waals surface area (Å²) < 4.78 is 17.5. The van der Waals surface area contributed by atoms with E-state index < -0.39 is 12.1 Å². The molecule has 0 saturated heterocycles. The molecule has 0 aromatic heterocycles. The first-order chi connectivity index (χ1) is 16.6. The Bertz CT molecular complexity index is 1150. The lowest BCUT2D eigenvalue weighted by Gasteiger charge is -2.25. The van der Waals surface area contributed by atoms with E-state index in [0.29, 0.717) is 23.3 Å². The first-order valence-corrected chi connectivity index (χ1v) is 11.3. The highest BCUT2D eigenvalue weighted by atomic mass is 16.5. The van der Waals surface area contributed by atoms with Gasteiger partial charge >= 0.3 is 5.97 Å². The van der Waals surface area contributed by atoms with Gasteiger partial charge in [-0.15, -0.1) is 0 Å². The number of methoxy groups -OCH3 is 1. The van der Waals surface area contributed by atoms with Crippen LogP contribution in [0.15, 0.2) is 60.7 Å². The van der Waals surface area contributed by atoms with E-state index in [1.165, 1.54) is 13.2 Å². The van der Waals surface area contributed by atoms with E-state index in [2.05, 4.69) is 0 Å². The molecule has 3 N–H and O–H groups in total. The van der Waals surface area contributed by atoms with Crippen LogP contribution in [0.1, 0.15) is 60.3 Å². The molecule has 0 radical (unpaired) electrons. The van der Waals surface area contributed by atoms with Gasteiger partial charge in [-0.1, -0.05) is 63.2 Å². The SMILES string of the molecule is COc1c(C(O)CC(C)(C)C)ccc(Oc2c(CO)cccc2OCc2ccccc2)c1C(=O)O. The van der Waals surface area contributed by atoms with Gasteiger partial charge in [0.15, 0.2) is 11.5 Å². The lowest BCUT2D eigenvalue weighted by atomic mass is 9.86. The average molecular weight is 481 g/mol. The highest BCUT2D eigenvalue weighted by Crippen LogP contribution is 2.43. The van der Waals surface area contributed by atoms with Crippen molar-refractivity contribution in [3.63, 3.8) is 0 Å². The summed E-state index contributed by atoms with van der Waals surface area (Å²) in [4.78, 5) is 12.3. The Morgan fingerprint density at radius 3 is 2.26 bits per heavy atom. The van der Waals surface area contributed by atoms with Gasteiger partial charge in [0.2, 0.25) is 0 Å². The third kappa shape index (κ3) is 6.53. The number of carboxylic acids is 1. The summed E-state index contributed by atoms with van der Waals surface area (Å²) in [5, 5.41) is 30.7. The molecule has 1 atom stereocenters. The molecule has 0 amide bonds. The van der Waals surface area contributed by atoms with E-state index in [4.69, 9.17) is 14.2 Å². The van der Waals surface area contributed by atoms with Gasteiger partial charge in [0.05, 0.1) is 19.8 Å². The number of para-hydroxylation sites is 1. The van der Waals surface area contributed by atoms with E-state index in [0.717, 1.165) is 5.56 Å². The van der Waals surface area contributed by atoms with Gasteiger partial charge in [-0.25, -0.2) is 4.79 Å². The molecule has 3 rings (SSSR count). The van der Waals surface area contributed by atoms with E-state index in [9.17, 15) is 20.1 Å². The molecule has 7 nitrogen and oxygen atoms in total. The third-order valence-corrected chi connectivity index (χ3v) is 5.41. The first-order valence-electron chi connectivity index (χ1n) is 11.3. The molecule has 1 unspecified atom stereocenters. The number of aromatic carboxylic acids is 1.